The second kappa shape index (κ2) is 7.70. The predicted molar refractivity (Wildman–Crippen MR) is 105 cm³/mol. The van der Waals surface area contributed by atoms with Crippen LogP contribution in [0.4, 0.5) is 16.0 Å². The Balaban J connectivity index is 1.48. The number of amides is 1. The third-order valence-electron chi connectivity index (χ3n) is 4.89. The SMILES string of the molecule is O=C(c1cccc([N+](=O)[O-])c1)N1CCN(c2nccn2-c2ccccc2F)CC1. The third kappa shape index (κ3) is 3.66. The summed E-state index contributed by atoms with van der Waals surface area (Å²) in [5.41, 5.74) is 0.594. The van der Waals surface area contributed by atoms with Crippen molar-refractivity contribution in [2.24, 2.45) is 0 Å². The van der Waals surface area contributed by atoms with Crippen LogP contribution < -0.4 is 4.90 Å². The van der Waals surface area contributed by atoms with Gasteiger partial charge in [-0.3, -0.25) is 19.5 Å². The van der Waals surface area contributed by atoms with Crippen molar-refractivity contribution in [2.75, 3.05) is 31.1 Å². The van der Waals surface area contributed by atoms with Crippen molar-refractivity contribution in [3.8, 4) is 5.69 Å². The molecule has 0 radical (unpaired) electrons. The number of aromatic nitrogens is 2. The van der Waals surface area contributed by atoms with Gasteiger partial charge in [-0.05, 0) is 18.2 Å². The minimum absolute atomic E-state index is 0.110. The molecule has 0 atom stereocenters. The van der Waals surface area contributed by atoms with Crippen LogP contribution in [-0.4, -0.2) is 51.5 Å². The standard InChI is InChI=1S/C20H18FN5O3/c21-17-6-1-2-7-18(17)25-9-8-22-20(25)24-12-10-23(11-13-24)19(27)15-4-3-5-16(14-15)26(28)29/h1-9,14H,10-13H2. The lowest BCUT2D eigenvalue weighted by Crippen LogP contribution is -2.49. The van der Waals surface area contributed by atoms with Crippen LogP contribution in [0.3, 0.4) is 0 Å². The first-order valence-electron chi connectivity index (χ1n) is 9.11. The van der Waals surface area contributed by atoms with Crippen LogP contribution >= 0.6 is 0 Å². The molecule has 1 aliphatic heterocycles. The number of para-hydroxylation sites is 1. The van der Waals surface area contributed by atoms with Crippen LogP contribution in [0.25, 0.3) is 5.69 Å². The van der Waals surface area contributed by atoms with Crippen LogP contribution in [0, 0.1) is 15.9 Å². The number of piperazine rings is 1. The van der Waals surface area contributed by atoms with Crippen LogP contribution in [0.2, 0.25) is 0 Å². The molecule has 8 nitrogen and oxygen atoms in total. The fourth-order valence-electron chi connectivity index (χ4n) is 3.41. The fraction of sp³-hybridized carbons (Fsp3) is 0.200. The number of nitrogens with zero attached hydrogens (tertiary/aromatic N) is 5. The van der Waals surface area contributed by atoms with Gasteiger partial charge in [0.2, 0.25) is 5.95 Å². The second-order valence-corrected chi connectivity index (χ2v) is 6.64. The quantitative estimate of drug-likeness (QED) is 0.501. The molecule has 148 valence electrons. The van der Waals surface area contributed by atoms with Crippen molar-refractivity contribution < 1.29 is 14.1 Å². The van der Waals surface area contributed by atoms with Gasteiger partial charge >= 0.3 is 0 Å². The first-order valence-corrected chi connectivity index (χ1v) is 9.11. The number of nitro groups is 1. The Bertz CT molecular complexity index is 1060. The van der Waals surface area contributed by atoms with E-state index in [2.05, 4.69) is 4.98 Å². The zero-order chi connectivity index (χ0) is 20.4. The van der Waals surface area contributed by atoms with E-state index >= 15 is 0 Å². The van der Waals surface area contributed by atoms with Crippen LogP contribution in [0.5, 0.6) is 0 Å². The number of nitro benzene ring substituents is 1. The highest BCUT2D eigenvalue weighted by Gasteiger charge is 2.25. The summed E-state index contributed by atoms with van der Waals surface area (Å²) in [5.74, 6) is 0.0228. The molecule has 0 spiro atoms. The van der Waals surface area contributed by atoms with Crippen molar-refractivity contribution >= 4 is 17.5 Å². The maximum atomic E-state index is 14.2. The lowest BCUT2D eigenvalue weighted by molar-refractivity contribution is -0.384. The number of hydrogen-bond acceptors (Lipinski definition) is 5. The van der Waals surface area contributed by atoms with E-state index in [9.17, 15) is 19.3 Å². The fourth-order valence-corrected chi connectivity index (χ4v) is 3.41. The maximum absolute atomic E-state index is 14.2. The van der Waals surface area contributed by atoms with Crippen LogP contribution in [0.15, 0.2) is 60.9 Å². The van der Waals surface area contributed by atoms with Crippen molar-refractivity contribution in [1.29, 1.82) is 0 Å². The molecule has 1 aliphatic rings. The molecule has 3 aromatic rings. The van der Waals surface area contributed by atoms with E-state index in [0.717, 1.165) is 0 Å². The van der Waals surface area contributed by atoms with Gasteiger partial charge in [0.15, 0.2) is 0 Å². The number of carbonyl (C=O) groups excluding carboxylic acids is 1. The molecule has 0 bridgehead atoms. The normalized spacial score (nSPS) is 14.1. The molecule has 4 rings (SSSR count). The molecule has 29 heavy (non-hydrogen) atoms. The zero-order valence-electron chi connectivity index (χ0n) is 15.4. The van der Waals surface area contributed by atoms with Gasteiger partial charge in [-0.2, -0.15) is 0 Å². The molecule has 0 N–H and O–H groups in total. The highest BCUT2D eigenvalue weighted by Crippen LogP contribution is 2.22. The van der Waals surface area contributed by atoms with E-state index in [0.29, 0.717) is 43.4 Å². The molecular formula is C20H18FN5O3. The number of carbonyl (C=O) groups is 1. The summed E-state index contributed by atoms with van der Waals surface area (Å²) in [6.45, 7) is 1.91. The molecule has 1 aromatic heterocycles. The van der Waals surface area contributed by atoms with Gasteiger partial charge in [0, 0.05) is 56.3 Å². The summed E-state index contributed by atoms with van der Waals surface area (Å²) in [7, 11) is 0. The molecule has 0 saturated carbocycles. The Morgan fingerprint density at radius 2 is 1.83 bits per heavy atom. The van der Waals surface area contributed by atoms with Crippen molar-refractivity contribution in [2.45, 2.75) is 0 Å². The monoisotopic (exact) mass is 395 g/mol. The van der Waals surface area contributed by atoms with Gasteiger partial charge in [-0.1, -0.05) is 18.2 Å². The number of halogens is 1. The van der Waals surface area contributed by atoms with Gasteiger partial charge in [-0.15, -0.1) is 0 Å². The van der Waals surface area contributed by atoms with E-state index in [-0.39, 0.29) is 17.4 Å². The first-order chi connectivity index (χ1) is 14.0. The topological polar surface area (TPSA) is 84.5 Å². The average molecular weight is 395 g/mol. The number of hydrogen-bond donors (Lipinski definition) is 0. The molecule has 1 saturated heterocycles. The number of imidazole rings is 1. The summed E-state index contributed by atoms with van der Waals surface area (Å²) >= 11 is 0. The smallest absolute Gasteiger partial charge is 0.270 e. The Hall–Kier alpha value is -3.75. The summed E-state index contributed by atoms with van der Waals surface area (Å²) in [6, 6.07) is 12.2. The summed E-state index contributed by atoms with van der Waals surface area (Å²) in [6.07, 6.45) is 3.32. The molecule has 2 heterocycles. The minimum atomic E-state index is -0.517. The number of anilines is 1. The molecule has 1 fully saturated rings. The third-order valence-corrected chi connectivity index (χ3v) is 4.89. The lowest BCUT2D eigenvalue weighted by atomic mass is 10.1. The number of rotatable bonds is 4. The summed E-state index contributed by atoms with van der Waals surface area (Å²) in [4.78, 5) is 31.1. The molecule has 2 aromatic carbocycles. The molecule has 1 amide bonds. The van der Waals surface area contributed by atoms with Gasteiger partial charge in [0.1, 0.15) is 5.82 Å². The summed E-state index contributed by atoms with van der Waals surface area (Å²) < 4.78 is 15.9. The van der Waals surface area contributed by atoms with E-state index in [1.54, 1.807) is 46.1 Å². The highest BCUT2D eigenvalue weighted by atomic mass is 19.1. The Kier molecular flexibility index (Phi) is 4.94. The van der Waals surface area contributed by atoms with Crippen molar-refractivity contribution in [3.05, 3.63) is 82.4 Å². The molecular weight excluding hydrogens is 377 g/mol. The van der Waals surface area contributed by atoms with Gasteiger partial charge < -0.3 is 9.80 Å². The average Bonchev–Trinajstić information content (AvgIpc) is 3.23. The van der Waals surface area contributed by atoms with Crippen LogP contribution in [-0.2, 0) is 0 Å². The maximum Gasteiger partial charge on any atom is 0.270 e. The Labute approximate surface area is 166 Å². The van der Waals surface area contributed by atoms with E-state index in [1.165, 1.54) is 24.3 Å². The Morgan fingerprint density at radius 1 is 1.07 bits per heavy atom. The summed E-state index contributed by atoms with van der Waals surface area (Å²) in [5, 5.41) is 10.9. The van der Waals surface area contributed by atoms with Gasteiger partial charge in [0.05, 0.1) is 10.6 Å². The van der Waals surface area contributed by atoms with E-state index < -0.39 is 4.92 Å². The van der Waals surface area contributed by atoms with E-state index in [1.807, 2.05) is 4.90 Å². The van der Waals surface area contributed by atoms with E-state index in [4.69, 9.17) is 0 Å². The van der Waals surface area contributed by atoms with Crippen molar-refractivity contribution in [3.63, 3.8) is 0 Å². The number of benzene rings is 2. The lowest BCUT2D eigenvalue weighted by Gasteiger charge is -2.35. The Morgan fingerprint density at radius 3 is 2.55 bits per heavy atom. The molecule has 0 aliphatic carbocycles. The second-order valence-electron chi connectivity index (χ2n) is 6.64. The zero-order valence-corrected chi connectivity index (χ0v) is 15.4. The van der Waals surface area contributed by atoms with Crippen molar-refractivity contribution in [1.82, 2.24) is 14.5 Å². The number of non-ortho nitro benzene ring substituents is 1. The molecule has 0 unspecified atom stereocenters. The first kappa shape index (κ1) is 18.6. The van der Waals surface area contributed by atoms with Crippen LogP contribution in [0.1, 0.15) is 10.4 Å². The minimum Gasteiger partial charge on any atom is -0.338 e. The van der Waals surface area contributed by atoms with Gasteiger partial charge in [0.25, 0.3) is 11.6 Å². The predicted octanol–water partition coefficient (Wildman–Crippen LogP) is 2.88. The highest BCUT2D eigenvalue weighted by molar-refractivity contribution is 5.95. The largest absolute Gasteiger partial charge is 0.338 e. The molecule has 9 heteroatoms. The van der Waals surface area contributed by atoms with Gasteiger partial charge in [-0.25, -0.2) is 9.37 Å².